The normalized spacial score (nSPS) is 14.4. The van der Waals surface area contributed by atoms with E-state index in [1.807, 2.05) is 13.8 Å². The molecule has 7 heteroatoms. The highest BCUT2D eigenvalue weighted by molar-refractivity contribution is 7.56. The molecule has 0 saturated carbocycles. The average Bonchev–Trinajstić information content (AvgIpc) is 1.97. The van der Waals surface area contributed by atoms with Crippen molar-refractivity contribution in [1.82, 2.24) is 4.00 Å². The van der Waals surface area contributed by atoms with Crippen LogP contribution >= 0.6 is 7.75 Å². The summed E-state index contributed by atoms with van der Waals surface area (Å²) in [7, 11) is -6.62. The van der Waals surface area contributed by atoms with Crippen LogP contribution in [-0.4, -0.2) is 33.7 Å². The molecule has 0 radical (unpaired) electrons. The highest BCUT2D eigenvalue weighted by Gasteiger charge is 2.48. The van der Waals surface area contributed by atoms with Crippen molar-refractivity contribution in [2.45, 2.75) is 53.1 Å². The Balaban J connectivity index is 5.47. The molecule has 0 N–H and O–H groups in total. The van der Waals surface area contributed by atoms with Crippen LogP contribution < -0.4 is 0 Å². The lowest BCUT2D eigenvalue weighted by atomic mass is 10.9. The largest absolute Gasteiger partial charge is 0.395 e. The van der Waals surface area contributed by atoms with E-state index in [2.05, 4.69) is 43.3 Å². The van der Waals surface area contributed by atoms with Gasteiger partial charge in [-0.05, 0) is 13.8 Å². The molecule has 0 aromatic heterocycles. The molecule has 17 heavy (non-hydrogen) atoms. The molecular formula is C10H28NO3PSi2. The Kier molecular flexibility index (Phi) is 6.32. The van der Waals surface area contributed by atoms with Crippen molar-refractivity contribution in [3.8, 4) is 0 Å². The van der Waals surface area contributed by atoms with Gasteiger partial charge in [0.1, 0.15) is 16.5 Å². The monoisotopic (exact) mass is 297 g/mol. The maximum Gasteiger partial charge on any atom is 0.395 e. The van der Waals surface area contributed by atoms with Gasteiger partial charge in [-0.3, -0.25) is 13.0 Å². The zero-order chi connectivity index (χ0) is 13.9. The van der Waals surface area contributed by atoms with Crippen molar-refractivity contribution in [2.75, 3.05) is 13.2 Å². The van der Waals surface area contributed by atoms with Crippen LogP contribution in [0.1, 0.15) is 13.8 Å². The Hall–Kier alpha value is 0.544. The number of nitrogens with zero attached hydrogens (tertiary/aromatic N) is 1. The second-order valence-electron chi connectivity index (χ2n) is 5.96. The Morgan fingerprint density at radius 2 is 1.18 bits per heavy atom. The third-order valence-electron chi connectivity index (χ3n) is 2.10. The Labute approximate surface area is 108 Å². The number of hydrogen-bond acceptors (Lipinski definition) is 3. The van der Waals surface area contributed by atoms with Crippen molar-refractivity contribution in [3.05, 3.63) is 0 Å². The summed E-state index contributed by atoms with van der Waals surface area (Å²) in [6.07, 6.45) is 0. The quantitative estimate of drug-likeness (QED) is 0.523. The smallest absolute Gasteiger partial charge is 0.298 e. The van der Waals surface area contributed by atoms with Crippen LogP contribution in [0.3, 0.4) is 0 Å². The summed E-state index contributed by atoms with van der Waals surface area (Å²) >= 11 is 0. The summed E-state index contributed by atoms with van der Waals surface area (Å²) in [5.41, 5.74) is 0. The number of hydrogen-bond donors (Lipinski definition) is 0. The molecule has 0 aromatic rings. The molecule has 0 aliphatic rings. The minimum absolute atomic E-state index is 0.419. The summed E-state index contributed by atoms with van der Waals surface area (Å²) in [4.78, 5) is 0. The van der Waals surface area contributed by atoms with E-state index in [0.717, 1.165) is 0 Å². The van der Waals surface area contributed by atoms with E-state index in [1.54, 1.807) is 0 Å². The van der Waals surface area contributed by atoms with Crippen molar-refractivity contribution in [1.29, 1.82) is 0 Å². The molecule has 0 spiro atoms. The zero-order valence-electron chi connectivity index (χ0n) is 12.5. The summed E-state index contributed by atoms with van der Waals surface area (Å²) < 4.78 is 26.1. The molecule has 0 aliphatic heterocycles. The molecule has 104 valence electrons. The molecule has 0 unspecified atom stereocenters. The van der Waals surface area contributed by atoms with Crippen molar-refractivity contribution >= 4 is 24.2 Å². The lowest BCUT2D eigenvalue weighted by Gasteiger charge is -2.45. The van der Waals surface area contributed by atoms with Gasteiger partial charge >= 0.3 is 7.75 Å². The fourth-order valence-corrected chi connectivity index (χ4v) is 17.8. The molecule has 0 amide bonds. The van der Waals surface area contributed by atoms with Gasteiger partial charge in [0.05, 0.1) is 13.2 Å². The van der Waals surface area contributed by atoms with Gasteiger partial charge in [0.15, 0.2) is 0 Å². The lowest BCUT2D eigenvalue weighted by molar-refractivity contribution is 0.202. The summed E-state index contributed by atoms with van der Waals surface area (Å²) in [6.45, 7) is 17.7. The van der Waals surface area contributed by atoms with E-state index in [4.69, 9.17) is 9.05 Å². The first kappa shape index (κ1) is 17.5. The molecule has 0 heterocycles. The van der Waals surface area contributed by atoms with E-state index >= 15 is 0 Å². The Morgan fingerprint density at radius 3 is 1.35 bits per heavy atom. The minimum Gasteiger partial charge on any atom is -0.298 e. The SMILES string of the molecule is CCOP(=O)(OCC)N([Si](C)(C)C)[Si](C)(C)C. The predicted octanol–water partition coefficient (Wildman–Crippen LogP) is 4.14. The minimum atomic E-state index is -3.12. The van der Waals surface area contributed by atoms with E-state index in [9.17, 15) is 4.57 Å². The Morgan fingerprint density at radius 1 is 0.882 bits per heavy atom. The predicted molar refractivity (Wildman–Crippen MR) is 79.4 cm³/mol. The molecular weight excluding hydrogens is 269 g/mol. The first-order valence-corrected chi connectivity index (χ1v) is 14.6. The fraction of sp³-hybridized carbons (Fsp3) is 1.00. The van der Waals surface area contributed by atoms with Gasteiger partial charge in [-0.1, -0.05) is 39.3 Å². The molecule has 0 aromatic carbocycles. The van der Waals surface area contributed by atoms with Crippen LogP contribution in [0.2, 0.25) is 39.3 Å². The first-order valence-electron chi connectivity index (χ1n) is 6.19. The lowest BCUT2D eigenvalue weighted by Crippen LogP contribution is -2.57. The van der Waals surface area contributed by atoms with Crippen LogP contribution in [0.5, 0.6) is 0 Å². The van der Waals surface area contributed by atoms with Gasteiger partial charge in [0.2, 0.25) is 0 Å². The van der Waals surface area contributed by atoms with Crippen LogP contribution in [0.4, 0.5) is 0 Å². The highest BCUT2D eigenvalue weighted by Crippen LogP contribution is 2.56. The molecule has 0 rings (SSSR count). The first-order chi connectivity index (χ1) is 7.49. The topological polar surface area (TPSA) is 38.8 Å². The van der Waals surface area contributed by atoms with Gasteiger partial charge in [0, 0.05) is 0 Å². The standard InChI is InChI=1S/C10H28NO3PSi2/c1-9-13-15(12,14-10-2)11(16(3,4)5)17(6,7)8/h9-10H2,1-8H3. The molecule has 0 saturated heterocycles. The van der Waals surface area contributed by atoms with Crippen LogP contribution in [-0.2, 0) is 13.6 Å². The summed E-state index contributed by atoms with van der Waals surface area (Å²) in [6, 6.07) is 0. The maximum atomic E-state index is 13.0. The van der Waals surface area contributed by atoms with E-state index in [-0.39, 0.29) is 0 Å². The van der Waals surface area contributed by atoms with Crippen LogP contribution in [0.25, 0.3) is 0 Å². The van der Waals surface area contributed by atoms with Crippen LogP contribution in [0, 0.1) is 0 Å². The molecule has 0 aliphatic carbocycles. The summed E-state index contributed by atoms with van der Waals surface area (Å²) in [5.74, 6) is 0. The second kappa shape index (κ2) is 6.13. The van der Waals surface area contributed by atoms with Gasteiger partial charge in [-0.2, -0.15) is 0 Å². The number of rotatable bonds is 7. The van der Waals surface area contributed by atoms with Crippen molar-refractivity contribution in [2.24, 2.45) is 0 Å². The molecule has 0 bridgehead atoms. The third kappa shape index (κ3) is 4.97. The maximum absolute atomic E-state index is 13.0. The van der Waals surface area contributed by atoms with Gasteiger partial charge in [-0.25, -0.2) is 4.57 Å². The molecule has 0 fully saturated rings. The van der Waals surface area contributed by atoms with Gasteiger partial charge in [-0.15, -0.1) is 0 Å². The summed E-state index contributed by atoms with van der Waals surface area (Å²) in [5, 5.41) is 0. The van der Waals surface area contributed by atoms with Gasteiger partial charge < -0.3 is 0 Å². The zero-order valence-corrected chi connectivity index (χ0v) is 15.4. The van der Waals surface area contributed by atoms with E-state index in [0.29, 0.717) is 13.2 Å². The third-order valence-corrected chi connectivity index (χ3v) is 15.4. The molecule has 4 nitrogen and oxygen atoms in total. The van der Waals surface area contributed by atoms with Crippen molar-refractivity contribution in [3.63, 3.8) is 0 Å². The average molecular weight is 297 g/mol. The Bertz CT molecular complexity index is 262. The van der Waals surface area contributed by atoms with Crippen molar-refractivity contribution < 1.29 is 13.6 Å². The second-order valence-corrected chi connectivity index (χ2v) is 18.6. The highest BCUT2D eigenvalue weighted by atomic mass is 31.2. The van der Waals surface area contributed by atoms with E-state index < -0.39 is 24.2 Å². The van der Waals surface area contributed by atoms with Gasteiger partial charge in [0.25, 0.3) is 0 Å². The molecule has 0 atom stereocenters. The fourth-order valence-electron chi connectivity index (χ4n) is 2.22. The van der Waals surface area contributed by atoms with E-state index in [1.165, 1.54) is 0 Å². The van der Waals surface area contributed by atoms with Crippen LogP contribution in [0.15, 0.2) is 0 Å².